The summed E-state index contributed by atoms with van der Waals surface area (Å²) in [5.74, 6) is 0.871. The number of nitrogens with two attached hydrogens (primary N) is 1. The van der Waals surface area contributed by atoms with Crippen molar-refractivity contribution in [2.75, 3.05) is 32.1 Å². The zero-order chi connectivity index (χ0) is 13.9. The number of rotatable bonds is 5. The third-order valence-electron chi connectivity index (χ3n) is 3.98. The van der Waals surface area contributed by atoms with Gasteiger partial charge in [0.25, 0.3) is 0 Å². The van der Waals surface area contributed by atoms with Crippen LogP contribution >= 0.6 is 0 Å². The van der Waals surface area contributed by atoms with Gasteiger partial charge in [-0.05, 0) is 32.4 Å². The minimum atomic E-state index is -0.0172. The van der Waals surface area contributed by atoms with Crippen LogP contribution in [-0.4, -0.2) is 43.2 Å². The summed E-state index contributed by atoms with van der Waals surface area (Å²) in [6.07, 6.45) is 1.08. The fourth-order valence-corrected chi connectivity index (χ4v) is 2.67. The molecule has 1 fully saturated rings. The Labute approximate surface area is 115 Å². The van der Waals surface area contributed by atoms with E-state index < -0.39 is 0 Å². The van der Waals surface area contributed by atoms with Gasteiger partial charge < -0.3 is 15.8 Å². The van der Waals surface area contributed by atoms with Gasteiger partial charge in [0, 0.05) is 37.4 Å². The molecule has 0 bridgehead atoms. The van der Waals surface area contributed by atoms with Crippen molar-refractivity contribution in [1.29, 1.82) is 0 Å². The molecule has 1 aliphatic heterocycles. The van der Waals surface area contributed by atoms with E-state index in [0.29, 0.717) is 12.6 Å². The summed E-state index contributed by atoms with van der Waals surface area (Å²) in [7, 11) is 1.69. The van der Waals surface area contributed by atoms with Gasteiger partial charge in [0.15, 0.2) is 0 Å². The van der Waals surface area contributed by atoms with Gasteiger partial charge in [-0.3, -0.25) is 4.90 Å². The molecular weight excluding hydrogens is 238 g/mol. The molecule has 0 aliphatic carbocycles. The Bertz CT molecular complexity index is 422. The van der Waals surface area contributed by atoms with Gasteiger partial charge in [0.2, 0.25) is 0 Å². The number of methoxy groups -OCH3 is 1. The molecule has 4 heteroatoms. The van der Waals surface area contributed by atoms with Crippen LogP contribution in [0, 0.1) is 0 Å². The third-order valence-corrected chi connectivity index (χ3v) is 3.98. The fourth-order valence-electron chi connectivity index (χ4n) is 2.67. The molecule has 2 rings (SSSR count). The maximum absolute atomic E-state index is 6.03. The molecule has 0 radical (unpaired) electrons. The van der Waals surface area contributed by atoms with Crippen LogP contribution in [0.4, 0.5) is 5.69 Å². The topological polar surface area (TPSA) is 50.5 Å². The molecule has 0 amide bonds. The maximum atomic E-state index is 6.03. The molecule has 0 aromatic heterocycles. The molecule has 4 nitrogen and oxygen atoms in total. The highest BCUT2D eigenvalue weighted by molar-refractivity contribution is 5.50. The number of hydrogen-bond donors (Lipinski definition) is 2. The molecule has 106 valence electrons. The molecular formula is C15H25N3O. The third kappa shape index (κ3) is 3.19. The van der Waals surface area contributed by atoms with Crippen LogP contribution in [0.1, 0.15) is 20.3 Å². The van der Waals surface area contributed by atoms with Gasteiger partial charge in [0.1, 0.15) is 5.75 Å². The first-order chi connectivity index (χ1) is 9.08. The zero-order valence-electron chi connectivity index (χ0n) is 12.1. The molecule has 1 aromatic carbocycles. The SMILES string of the molecule is COc1cccc(NC2(CN)CCN(C(C)C)C2)c1. The minimum absolute atomic E-state index is 0.0172. The number of likely N-dealkylation sites (tertiary alicyclic amines) is 1. The molecule has 0 saturated carbocycles. The van der Waals surface area contributed by atoms with Crippen LogP contribution in [0.3, 0.4) is 0 Å². The summed E-state index contributed by atoms with van der Waals surface area (Å²) in [6.45, 7) is 7.22. The molecule has 0 spiro atoms. The number of nitrogens with one attached hydrogen (secondary N) is 1. The van der Waals surface area contributed by atoms with Crippen LogP contribution in [0.5, 0.6) is 5.75 Å². The molecule has 1 atom stereocenters. The minimum Gasteiger partial charge on any atom is -0.497 e. The molecule has 1 aliphatic rings. The Morgan fingerprint density at radius 2 is 2.26 bits per heavy atom. The number of nitrogens with zero attached hydrogens (tertiary/aromatic N) is 1. The Hall–Kier alpha value is -1.26. The van der Waals surface area contributed by atoms with E-state index in [0.717, 1.165) is 30.9 Å². The summed E-state index contributed by atoms with van der Waals surface area (Å²) in [5, 5.41) is 3.62. The number of anilines is 1. The summed E-state index contributed by atoms with van der Waals surface area (Å²) < 4.78 is 5.26. The van der Waals surface area contributed by atoms with Crippen molar-refractivity contribution < 1.29 is 4.74 Å². The highest BCUT2D eigenvalue weighted by Gasteiger charge is 2.37. The predicted octanol–water partition coefficient (Wildman–Crippen LogP) is 1.92. The fraction of sp³-hybridized carbons (Fsp3) is 0.600. The van der Waals surface area contributed by atoms with E-state index >= 15 is 0 Å². The summed E-state index contributed by atoms with van der Waals surface area (Å²) >= 11 is 0. The van der Waals surface area contributed by atoms with Crippen molar-refractivity contribution in [2.24, 2.45) is 5.73 Å². The van der Waals surface area contributed by atoms with E-state index in [1.54, 1.807) is 7.11 Å². The Morgan fingerprint density at radius 3 is 2.84 bits per heavy atom. The lowest BCUT2D eigenvalue weighted by Gasteiger charge is -2.31. The van der Waals surface area contributed by atoms with Gasteiger partial charge in [0.05, 0.1) is 12.6 Å². The zero-order valence-corrected chi connectivity index (χ0v) is 12.1. The number of hydrogen-bond acceptors (Lipinski definition) is 4. The Balaban J connectivity index is 2.10. The highest BCUT2D eigenvalue weighted by atomic mass is 16.5. The second kappa shape index (κ2) is 5.80. The average molecular weight is 263 g/mol. The monoisotopic (exact) mass is 263 g/mol. The van der Waals surface area contributed by atoms with Gasteiger partial charge in [-0.25, -0.2) is 0 Å². The van der Waals surface area contributed by atoms with Crippen molar-refractivity contribution in [3.63, 3.8) is 0 Å². The van der Waals surface area contributed by atoms with E-state index in [1.165, 1.54) is 0 Å². The van der Waals surface area contributed by atoms with E-state index in [2.05, 4.69) is 30.1 Å². The summed E-state index contributed by atoms with van der Waals surface area (Å²) in [6, 6.07) is 8.61. The van der Waals surface area contributed by atoms with Crippen molar-refractivity contribution in [3.05, 3.63) is 24.3 Å². The van der Waals surface area contributed by atoms with E-state index in [1.807, 2.05) is 18.2 Å². The molecule has 1 unspecified atom stereocenters. The molecule has 1 saturated heterocycles. The normalized spacial score (nSPS) is 23.8. The largest absolute Gasteiger partial charge is 0.497 e. The van der Waals surface area contributed by atoms with Gasteiger partial charge in [-0.2, -0.15) is 0 Å². The number of benzene rings is 1. The molecule has 19 heavy (non-hydrogen) atoms. The predicted molar refractivity (Wildman–Crippen MR) is 79.7 cm³/mol. The smallest absolute Gasteiger partial charge is 0.120 e. The lowest BCUT2D eigenvalue weighted by molar-refractivity contribution is 0.262. The van der Waals surface area contributed by atoms with Crippen LogP contribution in [0.25, 0.3) is 0 Å². The first-order valence-electron chi connectivity index (χ1n) is 6.95. The maximum Gasteiger partial charge on any atom is 0.120 e. The summed E-state index contributed by atoms with van der Waals surface area (Å²) in [5.41, 5.74) is 7.09. The van der Waals surface area contributed by atoms with E-state index in [9.17, 15) is 0 Å². The average Bonchev–Trinajstić information content (AvgIpc) is 2.84. The first-order valence-corrected chi connectivity index (χ1v) is 6.95. The lowest BCUT2D eigenvalue weighted by Crippen LogP contribution is -2.48. The van der Waals surface area contributed by atoms with Crippen LogP contribution < -0.4 is 15.8 Å². The first kappa shape index (κ1) is 14.2. The van der Waals surface area contributed by atoms with E-state index in [4.69, 9.17) is 10.5 Å². The quantitative estimate of drug-likeness (QED) is 0.852. The van der Waals surface area contributed by atoms with Crippen LogP contribution in [0.15, 0.2) is 24.3 Å². The lowest BCUT2D eigenvalue weighted by atomic mass is 9.98. The van der Waals surface area contributed by atoms with Crippen molar-refractivity contribution >= 4 is 5.69 Å². The second-order valence-electron chi connectivity index (χ2n) is 5.66. The Morgan fingerprint density at radius 1 is 1.47 bits per heavy atom. The van der Waals surface area contributed by atoms with Crippen molar-refractivity contribution in [1.82, 2.24) is 4.90 Å². The Kier molecular flexibility index (Phi) is 4.32. The van der Waals surface area contributed by atoms with Crippen LogP contribution in [-0.2, 0) is 0 Å². The van der Waals surface area contributed by atoms with Gasteiger partial charge in [-0.15, -0.1) is 0 Å². The second-order valence-corrected chi connectivity index (χ2v) is 5.66. The van der Waals surface area contributed by atoms with Crippen molar-refractivity contribution in [2.45, 2.75) is 31.8 Å². The van der Waals surface area contributed by atoms with Crippen LogP contribution in [0.2, 0.25) is 0 Å². The summed E-state index contributed by atoms with van der Waals surface area (Å²) in [4.78, 5) is 2.47. The molecule has 3 N–H and O–H groups in total. The highest BCUT2D eigenvalue weighted by Crippen LogP contribution is 2.28. The number of ether oxygens (including phenoxy) is 1. The molecule has 1 heterocycles. The van der Waals surface area contributed by atoms with Gasteiger partial charge in [-0.1, -0.05) is 6.07 Å². The van der Waals surface area contributed by atoms with E-state index in [-0.39, 0.29) is 5.54 Å². The van der Waals surface area contributed by atoms with Gasteiger partial charge >= 0.3 is 0 Å². The molecule has 1 aromatic rings. The standard InChI is InChI=1S/C15H25N3O/c1-12(2)18-8-7-15(10-16,11-18)17-13-5-4-6-14(9-13)19-3/h4-6,9,12,17H,7-8,10-11,16H2,1-3H3. The van der Waals surface area contributed by atoms with Crippen molar-refractivity contribution in [3.8, 4) is 5.75 Å².